The van der Waals surface area contributed by atoms with E-state index in [1.165, 1.54) is 0 Å². The number of nitrogens with zero attached hydrogens (tertiary/aromatic N) is 4. The normalized spacial score (nSPS) is 10.8. The van der Waals surface area contributed by atoms with Crippen molar-refractivity contribution in [3.8, 4) is 0 Å². The molecule has 1 amide bonds. The van der Waals surface area contributed by atoms with Crippen LogP contribution in [0.2, 0.25) is 0 Å². The van der Waals surface area contributed by atoms with Crippen molar-refractivity contribution in [3.05, 3.63) is 51.1 Å². The Balaban J connectivity index is 1.95. The van der Waals surface area contributed by atoms with Crippen molar-refractivity contribution in [2.75, 3.05) is 5.32 Å². The number of hydrogen-bond donors (Lipinski definition) is 1. The largest absolute Gasteiger partial charge is 0.318 e. The molecule has 1 N–H and O–H groups in total. The number of carbonyl (C=O) groups excluding carboxylic acids is 1. The number of fused-ring (bicyclic) bond motifs is 1. The number of amides is 1. The monoisotopic (exact) mass is 393 g/mol. The van der Waals surface area contributed by atoms with Gasteiger partial charge in [0.05, 0.1) is 5.69 Å². The van der Waals surface area contributed by atoms with Crippen LogP contribution in [0.4, 0.5) is 5.69 Å². The van der Waals surface area contributed by atoms with Crippen LogP contribution >= 0.6 is 22.6 Å². The molecule has 0 bridgehead atoms. The second-order valence-corrected chi connectivity index (χ2v) is 5.78. The van der Waals surface area contributed by atoms with Gasteiger partial charge in [-0.15, -0.1) is 5.10 Å². The van der Waals surface area contributed by atoms with Gasteiger partial charge in [0.25, 0.3) is 11.7 Å². The summed E-state index contributed by atoms with van der Waals surface area (Å²) < 4.78 is 2.52. The Hall–Kier alpha value is -2.03. The number of hydrogen-bond acceptors (Lipinski definition) is 4. The predicted molar refractivity (Wildman–Crippen MR) is 87.4 cm³/mol. The third-order valence-electron chi connectivity index (χ3n) is 2.94. The second kappa shape index (κ2) is 5.40. The minimum Gasteiger partial charge on any atom is -0.318 e. The molecule has 106 valence electrons. The van der Waals surface area contributed by atoms with Gasteiger partial charge in [0.15, 0.2) is 0 Å². The average Bonchev–Trinajstić information content (AvgIpc) is 2.85. The Kier molecular flexibility index (Phi) is 3.58. The zero-order valence-electron chi connectivity index (χ0n) is 11.5. The summed E-state index contributed by atoms with van der Waals surface area (Å²) in [6.07, 6.45) is 0. The summed E-state index contributed by atoms with van der Waals surface area (Å²) in [7, 11) is 0. The van der Waals surface area contributed by atoms with Gasteiger partial charge in [0.2, 0.25) is 5.82 Å². The van der Waals surface area contributed by atoms with Crippen molar-refractivity contribution in [2.45, 2.75) is 13.8 Å². The van der Waals surface area contributed by atoms with E-state index in [0.29, 0.717) is 5.78 Å². The van der Waals surface area contributed by atoms with E-state index in [1.54, 1.807) is 4.52 Å². The minimum atomic E-state index is -0.346. The van der Waals surface area contributed by atoms with Crippen molar-refractivity contribution in [3.63, 3.8) is 0 Å². The Labute approximate surface area is 134 Å². The zero-order chi connectivity index (χ0) is 15.0. The summed E-state index contributed by atoms with van der Waals surface area (Å²) in [5, 5.41) is 7.02. The molecule has 0 unspecified atom stereocenters. The van der Waals surface area contributed by atoms with Gasteiger partial charge in [-0.05, 0) is 54.6 Å². The Morgan fingerprint density at radius 1 is 1.24 bits per heavy atom. The molecular weight excluding hydrogens is 381 g/mol. The molecule has 6 nitrogen and oxygen atoms in total. The summed E-state index contributed by atoms with van der Waals surface area (Å²) in [5.41, 5.74) is 2.47. The van der Waals surface area contributed by atoms with Gasteiger partial charge >= 0.3 is 0 Å². The van der Waals surface area contributed by atoms with E-state index in [0.717, 1.165) is 20.6 Å². The molecule has 0 aliphatic rings. The summed E-state index contributed by atoms with van der Waals surface area (Å²) >= 11 is 2.16. The van der Waals surface area contributed by atoms with Crippen LogP contribution in [-0.4, -0.2) is 25.5 Å². The molecule has 0 fully saturated rings. The van der Waals surface area contributed by atoms with Crippen LogP contribution in [0.5, 0.6) is 0 Å². The molecule has 0 aliphatic heterocycles. The van der Waals surface area contributed by atoms with E-state index in [1.807, 2.05) is 44.2 Å². The maximum absolute atomic E-state index is 12.3. The summed E-state index contributed by atoms with van der Waals surface area (Å²) in [4.78, 5) is 20.7. The highest BCUT2D eigenvalue weighted by Crippen LogP contribution is 2.17. The first-order valence-electron chi connectivity index (χ1n) is 6.31. The van der Waals surface area contributed by atoms with Gasteiger partial charge in [-0.2, -0.15) is 4.98 Å². The van der Waals surface area contributed by atoms with Crippen molar-refractivity contribution in [1.82, 2.24) is 19.6 Å². The number of carbonyl (C=O) groups is 1. The topological polar surface area (TPSA) is 72.2 Å². The van der Waals surface area contributed by atoms with Gasteiger partial charge < -0.3 is 5.32 Å². The van der Waals surface area contributed by atoms with E-state index >= 15 is 0 Å². The summed E-state index contributed by atoms with van der Waals surface area (Å²) in [6.45, 7) is 3.78. The fraction of sp³-hybridized carbons (Fsp3) is 0.143. The molecule has 3 aromatic rings. The van der Waals surface area contributed by atoms with E-state index in [9.17, 15) is 4.79 Å². The molecule has 21 heavy (non-hydrogen) atoms. The van der Waals surface area contributed by atoms with Crippen LogP contribution in [0.25, 0.3) is 5.78 Å². The van der Waals surface area contributed by atoms with E-state index in [4.69, 9.17) is 0 Å². The zero-order valence-corrected chi connectivity index (χ0v) is 13.6. The van der Waals surface area contributed by atoms with Crippen molar-refractivity contribution in [2.24, 2.45) is 0 Å². The Bertz CT molecular complexity index is 842. The quantitative estimate of drug-likeness (QED) is 0.680. The average molecular weight is 393 g/mol. The molecule has 0 spiro atoms. The van der Waals surface area contributed by atoms with E-state index < -0.39 is 0 Å². The number of halogens is 1. The third kappa shape index (κ3) is 2.73. The van der Waals surface area contributed by atoms with Gasteiger partial charge in [0.1, 0.15) is 0 Å². The molecule has 0 saturated heterocycles. The van der Waals surface area contributed by atoms with Crippen LogP contribution in [0.1, 0.15) is 22.0 Å². The van der Waals surface area contributed by atoms with Crippen LogP contribution in [0, 0.1) is 17.4 Å². The Morgan fingerprint density at radius 2 is 2.00 bits per heavy atom. The number of aromatic nitrogens is 4. The minimum absolute atomic E-state index is 0.107. The molecule has 2 aromatic heterocycles. The van der Waals surface area contributed by atoms with Gasteiger partial charge in [0, 0.05) is 15.0 Å². The van der Waals surface area contributed by atoms with Gasteiger partial charge in [-0.25, -0.2) is 9.50 Å². The smallest absolute Gasteiger partial charge is 0.295 e. The van der Waals surface area contributed by atoms with Crippen molar-refractivity contribution >= 4 is 40.0 Å². The van der Waals surface area contributed by atoms with E-state index in [2.05, 4.69) is 43.0 Å². The molecule has 0 atom stereocenters. The summed E-state index contributed by atoms with van der Waals surface area (Å²) in [6, 6.07) is 9.43. The SMILES string of the molecule is Cc1cc(C)n2nc(C(=O)Nc3ccccc3I)nc2n1. The second-order valence-electron chi connectivity index (χ2n) is 4.62. The summed E-state index contributed by atoms with van der Waals surface area (Å²) in [5.74, 6) is 0.193. The maximum Gasteiger partial charge on any atom is 0.295 e. The van der Waals surface area contributed by atoms with Crippen LogP contribution in [0.3, 0.4) is 0 Å². The number of nitrogens with one attached hydrogen (secondary N) is 1. The van der Waals surface area contributed by atoms with Crippen molar-refractivity contribution in [1.29, 1.82) is 0 Å². The maximum atomic E-state index is 12.3. The predicted octanol–water partition coefficient (Wildman–Crippen LogP) is 2.60. The first-order chi connectivity index (χ1) is 10.0. The molecular formula is C14H12IN5O. The number of rotatable bonds is 2. The fourth-order valence-electron chi connectivity index (χ4n) is 2.00. The molecule has 1 aromatic carbocycles. The van der Waals surface area contributed by atoms with E-state index in [-0.39, 0.29) is 11.7 Å². The lowest BCUT2D eigenvalue weighted by Crippen LogP contribution is -2.14. The number of para-hydroxylation sites is 1. The number of aryl methyl sites for hydroxylation is 2. The Morgan fingerprint density at radius 3 is 2.76 bits per heavy atom. The van der Waals surface area contributed by atoms with Gasteiger partial charge in [-0.1, -0.05) is 12.1 Å². The highest BCUT2D eigenvalue weighted by atomic mass is 127. The van der Waals surface area contributed by atoms with Gasteiger partial charge in [-0.3, -0.25) is 4.79 Å². The molecule has 3 rings (SSSR count). The lowest BCUT2D eigenvalue weighted by Gasteiger charge is -2.04. The highest BCUT2D eigenvalue weighted by Gasteiger charge is 2.15. The molecule has 0 saturated carbocycles. The lowest BCUT2D eigenvalue weighted by atomic mass is 10.3. The fourth-order valence-corrected chi connectivity index (χ4v) is 2.53. The standard InChI is InChI=1S/C14H12IN5O/c1-8-7-9(2)20-14(16-8)18-12(19-20)13(21)17-11-6-4-3-5-10(11)15/h3-7H,1-2H3,(H,17,21). The first-order valence-corrected chi connectivity index (χ1v) is 7.39. The third-order valence-corrected chi connectivity index (χ3v) is 3.88. The van der Waals surface area contributed by atoms with Crippen LogP contribution in [-0.2, 0) is 0 Å². The van der Waals surface area contributed by atoms with Crippen LogP contribution < -0.4 is 5.32 Å². The number of benzene rings is 1. The molecule has 2 heterocycles. The van der Waals surface area contributed by atoms with Crippen LogP contribution in [0.15, 0.2) is 30.3 Å². The molecule has 0 aliphatic carbocycles. The van der Waals surface area contributed by atoms with Crippen molar-refractivity contribution < 1.29 is 4.79 Å². The lowest BCUT2D eigenvalue weighted by molar-refractivity contribution is 0.101. The highest BCUT2D eigenvalue weighted by molar-refractivity contribution is 14.1. The molecule has 0 radical (unpaired) electrons. The number of anilines is 1. The molecule has 7 heteroatoms. The first kappa shape index (κ1) is 13.9.